The number of quaternary nitrogens is 2. The predicted molar refractivity (Wildman–Crippen MR) is 218 cm³/mol. The van der Waals surface area contributed by atoms with Crippen LogP contribution in [0.1, 0.15) is 122 Å². The standard InChI is InChI=1S/C47H71N4O6/c1-57-43-20-33-5-11-44(55)47(16-13-32(21-45(47)56)30-4-9-38-35(19-30)27-50-41-23-37(53)8-10-39(38)41)15-12-29(40(33)24-42(43)54)2-6-36(52)7-3-31-22-46(48)51-26-34(31)18-28-14-17-49-25-28/h14,17,25,29-36,38-43,45-46,50-52,54,56H,2-11,13,16,18-24,26-27,48H2,1H3/q+1/p+2. The minimum atomic E-state index is -1.04. The number of ether oxygens (including phenoxy) is 1. The molecule has 4 saturated carbocycles. The third-order valence-corrected chi connectivity index (χ3v) is 17.2. The highest BCUT2D eigenvalue weighted by atomic mass is 16.5. The lowest BCUT2D eigenvalue weighted by Gasteiger charge is -2.50. The summed E-state index contributed by atoms with van der Waals surface area (Å²) >= 11 is 0. The lowest BCUT2D eigenvalue weighted by molar-refractivity contribution is -0.715. The Morgan fingerprint density at radius 3 is 2.56 bits per heavy atom. The topological polar surface area (TPSA) is 176 Å². The average Bonchev–Trinajstić information content (AvgIpc) is 3.74. The predicted octanol–water partition coefficient (Wildman–Crippen LogP) is 2.83. The Morgan fingerprint density at radius 2 is 1.75 bits per heavy atom. The molecule has 0 aromatic carbocycles. The van der Waals surface area contributed by atoms with Gasteiger partial charge in [0.1, 0.15) is 29.5 Å². The van der Waals surface area contributed by atoms with Gasteiger partial charge in [0.05, 0.1) is 56.0 Å². The molecular formula is C47H73N4O6+3. The SMILES string of the molecule is COC1CC2CCC(=O)C3(C#CC(CCC(O)CCC4CC(N)[NH2+]CC4CC4=C[CH+]N=C4)C2CC1O)CCC(C1CCC2C(C[NH2+]C4CC(=O)CCC42)C1)CC3O. The van der Waals surface area contributed by atoms with E-state index in [0.717, 1.165) is 70.4 Å². The average molecular weight is 790 g/mol. The van der Waals surface area contributed by atoms with Crippen LogP contribution in [0.3, 0.4) is 0 Å². The number of allylic oxidation sites excluding steroid dienone is 1. The summed E-state index contributed by atoms with van der Waals surface area (Å²) in [5.74, 6) is 12.0. The number of piperidine rings is 2. The number of rotatable bonds is 10. The van der Waals surface area contributed by atoms with Crippen LogP contribution in [-0.2, 0) is 14.3 Å². The molecule has 0 bridgehead atoms. The Bertz CT molecular complexity index is 1560. The van der Waals surface area contributed by atoms with Gasteiger partial charge < -0.3 is 30.7 Å². The number of ketones is 2. The number of aliphatic imine (C=N–C) groups is 1. The Kier molecular flexibility index (Phi) is 13.3. The van der Waals surface area contributed by atoms with E-state index in [0.29, 0.717) is 98.7 Å². The van der Waals surface area contributed by atoms with Crippen LogP contribution >= 0.6 is 0 Å². The van der Waals surface area contributed by atoms with Crippen LogP contribution in [-0.4, -0.2) is 89.9 Å². The summed E-state index contributed by atoms with van der Waals surface area (Å²) in [6.07, 6.45) is 17.8. The normalized spacial score (nSPS) is 45.2. The third kappa shape index (κ3) is 9.16. The van der Waals surface area contributed by atoms with Crippen molar-refractivity contribution in [3.63, 3.8) is 0 Å². The smallest absolute Gasteiger partial charge is 0.176 e. The quantitative estimate of drug-likeness (QED) is 0.146. The van der Waals surface area contributed by atoms with Gasteiger partial charge in [-0.05, 0) is 125 Å². The van der Waals surface area contributed by atoms with Crippen LogP contribution in [0.25, 0.3) is 0 Å². The number of nitrogens with zero attached hydrogens (tertiary/aromatic N) is 1. The summed E-state index contributed by atoms with van der Waals surface area (Å²) in [4.78, 5) is 30.8. The van der Waals surface area contributed by atoms with Crippen LogP contribution in [0.4, 0.5) is 0 Å². The highest BCUT2D eigenvalue weighted by Crippen LogP contribution is 2.51. The molecule has 57 heavy (non-hydrogen) atoms. The van der Waals surface area contributed by atoms with Gasteiger partial charge in [0.25, 0.3) is 0 Å². The number of methoxy groups -OCH3 is 1. The fraction of sp³-hybridized carbons (Fsp3) is 0.830. The number of nitrogens with two attached hydrogens (primary N) is 3. The molecule has 8 rings (SSSR count). The molecule has 17 atom stereocenters. The first-order valence-electron chi connectivity index (χ1n) is 23.2. The number of hydrogen-bond donors (Lipinski definition) is 6. The first kappa shape index (κ1) is 41.6. The molecule has 8 aliphatic rings. The monoisotopic (exact) mass is 790 g/mol. The molecule has 3 heterocycles. The maximum atomic E-state index is 14.4. The zero-order valence-corrected chi connectivity index (χ0v) is 34.6. The molecule has 9 N–H and O–H groups in total. The maximum Gasteiger partial charge on any atom is 0.176 e. The van der Waals surface area contributed by atoms with Gasteiger partial charge in [-0.1, -0.05) is 11.8 Å². The van der Waals surface area contributed by atoms with Crippen molar-refractivity contribution in [3.8, 4) is 11.8 Å². The van der Waals surface area contributed by atoms with Crippen molar-refractivity contribution in [2.75, 3.05) is 20.2 Å². The van der Waals surface area contributed by atoms with E-state index in [4.69, 9.17) is 10.5 Å². The number of aliphatic hydroxyl groups excluding tert-OH is 3. The number of fused-ring (bicyclic) bond motifs is 4. The Balaban J connectivity index is 0.929. The van der Waals surface area contributed by atoms with Gasteiger partial charge in [-0.25, -0.2) is 0 Å². The van der Waals surface area contributed by atoms with Gasteiger partial charge >= 0.3 is 0 Å². The summed E-state index contributed by atoms with van der Waals surface area (Å²) in [7, 11) is 1.66. The molecule has 10 nitrogen and oxygen atoms in total. The van der Waals surface area contributed by atoms with Gasteiger partial charge in [-0.2, -0.15) is 0 Å². The number of carbonyl (C=O) groups is 2. The lowest BCUT2D eigenvalue weighted by atomic mass is 9.57. The molecule has 6 fully saturated rings. The Morgan fingerprint density at radius 1 is 0.912 bits per heavy atom. The van der Waals surface area contributed by atoms with E-state index in [-0.39, 0.29) is 35.8 Å². The van der Waals surface area contributed by atoms with Crippen LogP contribution in [0, 0.1) is 83.0 Å². The van der Waals surface area contributed by atoms with Crippen LogP contribution in [0.5, 0.6) is 0 Å². The molecule has 3 aliphatic heterocycles. The van der Waals surface area contributed by atoms with Gasteiger partial charge in [-0.15, -0.1) is 4.99 Å². The van der Waals surface area contributed by atoms with Gasteiger partial charge in [-0.3, -0.25) is 15.3 Å². The van der Waals surface area contributed by atoms with Crippen LogP contribution in [0.15, 0.2) is 16.6 Å². The molecule has 0 aromatic heterocycles. The minimum Gasteiger partial charge on any atom is -0.393 e. The number of hydrogen-bond acceptors (Lipinski definition) is 8. The molecule has 17 unspecified atom stereocenters. The fourth-order valence-electron chi connectivity index (χ4n) is 13.9. The van der Waals surface area contributed by atoms with Crippen molar-refractivity contribution in [3.05, 3.63) is 18.2 Å². The first-order chi connectivity index (χ1) is 27.6. The molecule has 314 valence electrons. The van der Waals surface area contributed by atoms with Gasteiger partial charge in [0.15, 0.2) is 12.0 Å². The van der Waals surface area contributed by atoms with E-state index >= 15 is 0 Å². The number of Topliss-reactive ketones (excluding diaryl/α,β-unsaturated/α-hetero) is 2. The second-order valence-electron chi connectivity index (χ2n) is 20.2. The first-order valence-corrected chi connectivity index (χ1v) is 23.2. The molecule has 1 spiro atoms. The molecule has 10 heteroatoms. The van der Waals surface area contributed by atoms with Crippen LogP contribution < -0.4 is 16.4 Å². The summed E-state index contributed by atoms with van der Waals surface area (Å²) in [5.41, 5.74) is 6.63. The van der Waals surface area contributed by atoms with E-state index in [9.17, 15) is 24.9 Å². The van der Waals surface area contributed by atoms with Gasteiger partial charge in [0.2, 0.25) is 0 Å². The van der Waals surface area contributed by atoms with E-state index in [1.54, 1.807) is 7.11 Å². The largest absolute Gasteiger partial charge is 0.393 e. The van der Waals surface area contributed by atoms with E-state index in [1.165, 1.54) is 24.8 Å². The summed E-state index contributed by atoms with van der Waals surface area (Å²) in [5, 5.41) is 39.5. The van der Waals surface area contributed by atoms with Crippen molar-refractivity contribution >= 4 is 17.8 Å². The Hall–Kier alpha value is -2.10. The highest BCUT2D eigenvalue weighted by Gasteiger charge is 2.53. The Labute approximate surface area is 341 Å². The number of aliphatic hydroxyl groups is 3. The van der Waals surface area contributed by atoms with E-state index < -0.39 is 23.7 Å². The zero-order chi connectivity index (χ0) is 39.7. The van der Waals surface area contributed by atoms with Crippen molar-refractivity contribution in [2.24, 2.45) is 75.3 Å². The molecule has 0 amide bonds. The third-order valence-electron chi connectivity index (χ3n) is 17.2. The highest BCUT2D eigenvalue weighted by molar-refractivity contribution is 5.89. The van der Waals surface area contributed by atoms with E-state index in [1.807, 2.05) is 12.8 Å². The fourth-order valence-corrected chi connectivity index (χ4v) is 13.9. The second-order valence-corrected chi connectivity index (χ2v) is 20.2. The van der Waals surface area contributed by atoms with Crippen LogP contribution in [0.2, 0.25) is 0 Å². The second kappa shape index (κ2) is 18.3. The van der Waals surface area contributed by atoms with Crippen molar-refractivity contribution in [1.29, 1.82) is 0 Å². The van der Waals surface area contributed by atoms with Crippen molar-refractivity contribution in [2.45, 2.75) is 159 Å². The van der Waals surface area contributed by atoms with Gasteiger partial charge in [0, 0.05) is 56.5 Å². The minimum absolute atomic E-state index is 0.0724. The summed E-state index contributed by atoms with van der Waals surface area (Å²) in [6, 6.07) is 0.486. The maximum absolute atomic E-state index is 14.4. The number of carbonyl (C=O) groups excluding carboxylic acids is 2. The molecule has 0 radical (unpaired) electrons. The van der Waals surface area contributed by atoms with E-state index in [2.05, 4.69) is 33.5 Å². The summed E-state index contributed by atoms with van der Waals surface area (Å²) < 4.78 is 5.73. The van der Waals surface area contributed by atoms with Crippen molar-refractivity contribution in [1.82, 2.24) is 0 Å². The van der Waals surface area contributed by atoms with Crippen molar-refractivity contribution < 1.29 is 40.3 Å². The molecular weight excluding hydrogens is 717 g/mol. The molecule has 0 aromatic rings. The molecule has 5 aliphatic carbocycles. The zero-order valence-electron chi connectivity index (χ0n) is 34.6. The lowest BCUT2D eigenvalue weighted by Crippen LogP contribution is -2.96. The molecule has 2 saturated heterocycles. The summed E-state index contributed by atoms with van der Waals surface area (Å²) in [6.45, 7) is 3.98.